The molecular formula is C10H21NO. The average molecular weight is 171 g/mol. The summed E-state index contributed by atoms with van der Waals surface area (Å²) in [6, 6.07) is 0. The number of rotatable bonds is 5. The van der Waals surface area contributed by atoms with Crippen molar-refractivity contribution in [1.82, 2.24) is 0 Å². The molecule has 0 aromatic rings. The zero-order valence-electron chi connectivity index (χ0n) is 8.31. The molecule has 0 aliphatic heterocycles. The standard InChI is InChI=1S/C10H21NO/c1-9(4-7-12-2)10(8-11)5-3-6-10/h9H,3-8,11H2,1-2H3. The Morgan fingerprint density at radius 3 is 2.50 bits per heavy atom. The van der Waals surface area contributed by atoms with Crippen LogP contribution >= 0.6 is 0 Å². The van der Waals surface area contributed by atoms with Crippen molar-refractivity contribution in [3.63, 3.8) is 0 Å². The highest BCUT2D eigenvalue weighted by Crippen LogP contribution is 2.47. The van der Waals surface area contributed by atoms with E-state index in [1.54, 1.807) is 7.11 Å². The van der Waals surface area contributed by atoms with Crippen LogP contribution in [0.5, 0.6) is 0 Å². The van der Waals surface area contributed by atoms with Crippen molar-refractivity contribution in [3.05, 3.63) is 0 Å². The molecule has 2 heteroatoms. The van der Waals surface area contributed by atoms with Crippen LogP contribution in [0.25, 0.3) is 0 Å². The van der Waals surface area contributed by atoms with Crippen molar-refractivity contribution in [2.24, 2.45) is 17.1 Å². The molecule has 0 radical (unpaired) electrons. The molecule has 0 amide bonds. The SMILES string of the molecule is COCCC(C)C1(CN)CCC1. The normalized spacial score (nSPS) is 23.2. The van der Waals surface area contributed by atoms with Gasteiger partial charge in [-0.1, -0.05) is 13.3 Å². The summed E-state index contributed by atoms with van der Waals surface area (Å²) < 4.78 is 5.08. The average Bonchev–Trinajstić information content (AvgIpc) is 2.00. The summed E-state index contributed by atoms with van der Waals surface area (Å²) in [6.07, 6.45) is 5.19. The summed E-state index contributed by atoms with van der Waals surface area (Å²) >= 11 is 0. The van der Waals surface area contributed by atoms with E-state index in [9.17, 15) is 0 Å². The van der Waals surface area contributed by atoms with Crippen molar-refractivity contribution in [2.45, 2.75) is 32.6 Å². The van der Waals surface area contributed by atoms with Gasteiger partial charge in [-0.25, -0.2) is 0 Å². The van der Waals surface area contributed by atoms with E-state index in [1.807, 2.05) is 0 Å². The minimum Gasteiger partial charge on any atom is -0.385 e. The monoisotopic (exact) mass is 171 g/mol. The molecule has 1 aliphatic rings. The fourth-order valence-corrected chi connectivity index (χ4v) is 2.13. The van der Waals surface area contributed by atoms with Gasteiger partial charge < -0.3 is 10.5 Å². The van der Waals surface area contributed by atoms with Gasteiger partial charge in [-0.15, -0.1) is 0 Å². The van der Waals surface area contributed by atoms with Crippen molar-refractivity contribution < 1.29 is 4.74 Å². The van der Waals surface area contributed by atoms with Gasteiger partial charge in [0.2, 0.25) is 0 Å². The second kappa shape index (κ2) is 4.24. The topological polar surface area (TPSA) is 35.2 Å². The van der Waals surface area contributed by atoms with E-state index in [0.29, 0.717) is 5.41 Å². The van der Waals surface area contributed by atoms with Gasteiger partial charge in [0.05, 0.1) is 0 Å². The number of methoxy groups -OCH3 is 1. The third-order valence-electron chi connectivity index (χ3n) is 3.56. The summed E-state index contributed by atoms with van der Waals surface area (Å²) in [7, 11) is 1.77. The van der Waals surface area contributed by atoms with Crippen molar-refractivity contribution in [2.75, 3.05) is 20.3 Å². The molecule has 0 heterocycles. The lowest BCUT2D eigenvalue weighted by molar-refractivity contribution is 0.0460. The first-order valence-corrected chi connectivity index (χ1v) is 4.94. The highest BCUT2D eigenvalue weighted by Gasteiger charge is 2.39. The van der Waals surface area contributed by atoms with Gasteiger partial charge in [0, 0.05) is 13.7 Å². The van der Waals surface area contributed by atoms with Crippen LogP contribution in [0.3, 0.4) is 0 Å². The largest absolute Gasteiger partial charge is 0.385 e. The molecule has 1 rings (SSSR count). The molecule has 0 aromatic carbocycles. The molecular weight excluding hydrogens is 150 g/mol. The fraction of sp³-hybridized carbons (Fsp3) is 1.00. The maximum atomic E-state index is 5.80. The van der Waals surface area contributed by atoms with Gasteiger partial charge in [0.25, 0.3) is 0 Å². The Bertz CT molecular complexity index is 126. The van der Waals surface area contributed by atoms with Crippen LogP contribution in [-0.4, -0.2) is 20.3 Å². The third-order valence-corrected chi connectivity index (χ3v) is 3.56. The van der Waals surface area contributed by atoms with Gasteiger partial charge in [0.1, 0.15) is 0 Å². The molecule has 1 saturated carbocycles. The maximum absolute atomic E-state index is 5.80. The van der Waals surface area contributed by atoms with Crippen molar-refractivity contribution in [3.8, 4) is 0 Å². The Morgan fingerprint density at radius 2 is 2.17 bits per heavy atom. The van der Waals surface area contributed by atoms with E-state index < -0.39 is 0 Å². The van der Waals surface area contributed by atoms with E-state index in [4.69, 9.17) is 10.5 Å². The Labute approximate surface area is 75.5 Å². The summed E-state index contributed by atoms with van der Waals surface area (Å²) in [5.41, 5.74) is 6.27. The maximum Gasteiger partial charge on any atom is 0.0465 e. The highest BCUT2D eigenvalue weighted by atomic mass is 16.5. The Kier molecular flexibility index (Phi) is 3.53. The summed E-state index contributed by atoms with van der Waals surface area (Å²) in [6.45, 7) is 4.05. The second-order valence-electron chi connectivity index (χ2n) is 4.10. The second-order valence-corrected chi connectivity index (χ2v) is 4.10. The van der Waals surface area contributed by atoms with E-state index in [0.717, 1.165) is 25.5 Å². The van der Waals surface area contributed by atoms with Crippen LogP contribution in [0, 0.1) is 11.3 Å². The molecule has 1 fully saturated rings. The van der Waals surface area contributed by atoms with Gasteiger partial charge in [0.15, 0.2) is 0 Å². The zero-order chi connectivity index (χ0) is 9.03. The molecule has 12 heavy (non-hydrogen) atoms. The highest BCUT2D eigenvalue weighted by molar-refractivity contribution is 4.92. The lowest BCUT2D eigenvalue weighted by atomic mass is 9.61. The van der Waals surface area contributed by atoms with Crippen LogP contribution in [-0.2, 0) is 4.74 Å². The lowest BCUT2D eigenvalue weighted by Crippen LogP contribution is -2.43. The van der Waals surface area contributed by atoms with Crippen LogP contribution in [0.4, 0.5) is 0 Å². The van der Waals surface area contributed by atoms with E-state index >= 15 is 0 Å². The molecule has 0 bridgehead atoms. The number of hydrogen-bond donors (Lipinski definition) is 1. The van der Waals surface area contributed by atoms with E-state index in [1.165, 1.54) is 19.3 Å². The summed E-state index contributed by atoms with van der Waals surface area (Å²) in [5.74, 6) is 0.733. The first-order valence-electron chi connectivity index (χ1n) is 4.94. The Balaban J connectivity index is 2.32. The predicted octanol–water partition coefficient (Wildman–Crippen LogP) is 1.79. The summed E-state index contributed by atoms with van der Waals surface area (Å²) in [5, 5.41) is 0. The number of nitrogens with two attached hydrogens (primary N) is 1. The van der Waals surface area contributed by atoms with Crippen LogP contribution in [0.2, 0.25) is 0 Å². The molecule has 1 aliphatic carbocycles. The first kappa shape index (κ1) is 10.0. The minimum absolute atomic E-state index is 0.471. The van der Waals surface area contributed by atoms with Gasteiger partial charge in [-0.3, -0.25) is 0 Å². The molecule has 0 saturated heterocycles. The quantitative estimate of drug-likeness (QED) is 0.684. The van der Waals surface area contributed by atoms with Gasteiger partial charge in [-0.05, 0) is 37.1 Å². The van der Waals surface area contributed by atoms with Crippen LogP contribution in [0.15, 0.2) is 0 Å². The molecule has 72 valence electrons. The zero-order valence-corrected chi connectivity index (χ0v) is 8.31. The van der Waals surface area contributed by atoms with Crippen LogP contribution in [0.1, 0.15) is 32.6 Å². The minimum atomic E-state index is 0.471. The predicted molar refractivity (Wildman–Crippen MR) is 51.0 cm³/mol. The third kappa shape index (κ3) is 1.80. The molecule has 2 N–H and O–H groups in total. The Hall–Kier alpha value is -0.0800. The lowest BCUT2D eigenvalue weighted by Gasteiger charge is -2.46. The Morgan fingerprint density at radius 1 is 1.50 bits per heavy atom. The van der Waals surface area contributed by atoms with Crippen molar-refractivity contribution >= 4 is 0 Å². The molecule has 0 aromatic heterocycles. The van der Waals surface area contributed by atoms with E-state index in [-0.39, 0.29) is 0 Å². The number of ether oxygens (including phenoxy) is 1. The van der Waals surface area contributed by atoms with E-state index in [2.05, 4.69) is 6.92 Å². The smallest absolute Gasteiger partial charge is 0.0465 e. The summed E-state index contributed by atoms with van der Waals surface area (Å²) in [4.78, 5) is 0. The first-order chi connectivity index (χ1) is 5.75. The van der Waals surface area contributed by atoms with Crippen LogP contribution < -0.4 is 5.73 Å². The van der Waals surface area contributed by atoms with Gasteiger partial charge in [-0.2, -0.15) is 0 Å². The van der Waals surface area contributed by atoms with Crippen molar-refractivity contribution in [1.29, 1.82) is 0 Å². The molecule has 2 nitrogen and oxygen atoms in total. The molecule has 0 spiro atoms. The fourth-order valence-electron chi connectivity index (χ4n) is 2.13. The van der Waals surface area contributed by atoms with Gasteiger partial charge >= 0.3 is 0 Å². The molecule has 1 unspecified atom stereocenters. The number of hydrogen-bond acceptors (Lipinski definition) is 2. The molecule has 1 atom stereocenters.